The maximum absolute atomic E-state index is 12.8. The molecule has 0 aromatic carbocycles. The van der Waals surface area contributed by atoms with Crippen LogP contribution in [0.5, 0.6) is 0 Å². The molecular formula is C13H10F18O3. The highest BCUT2D eigenvalue weighted by molar-refractivity contribution is 5.04. The average molecular weight is 556 g/mol. The van der Waals surface area contributed by atoms with Gasteiger partial charge >= 0.3 is 48.3 Å². The zero-order chi connectivity index (χ0) is 28.0. The van der Waals surface area contributed by atoms with Crippen molar-refractivity contribution in [3.8, 4) is 0 Å². The van der Waals surface area contributed by atoms with E-state index >= 15 is 0 Å². The predicted octanol–water partition coefficient (Wildman–Crippen LogP) is 5.87. The Morgan fingerprint density at radius 3 is 0.735 bits per heavy atom. The van der Waals surface area contributed by atoms with Gasteiger partial charge in [-0.25, -0.2) is 0 Å². The fourth-order valence-corrected chi connectivity index (χ4v) is 2.15. The molecule has 0 aliphatic rings. The largest absolute Gasteiger partial charge is 0.435 e. The van der Waals surface area contributed by atoms with Crippen LogP contribution < -0.4 is 0 Å². The highest BCUT2D eigenvalue weighted by Crippen LogP contribution is 2.57. The molecule has 0 aliphatic heterocycles. The van der Waals surface area contributed by atoms with Gasteiger partial charge in [0.2, 0.25) is 0 Å². The molecule has 0 saturated carbocycles. The van der Waals surface area contributed by atoms with E-state index in [1.54, 1.807) is 0 Å². The molecule has 0 unspecified atom stereocenters. The Kier molecular flexibility index (Phi) is 8.57. The van der Waals surface area contributed by atoms with E-state index in [1.165, 1.54) is 0 Å². The van der Waals surface area contributed by atoms with E-state index in [9.17, 15) is 79.0 Å². The van der Waals surface area contributed by atoms with Crippen molar-refractivity contribution >= 4 is 0 Å². The van der Waals surface area contributed by atoms with Gasteiger partial charge in [-0.2, -0.15) is 79.0 Å². The Morgan fingerprint density at radius 2 is 0.618 bits per heavy atom. The van der Waals surface area contributed by atoms with Crippen molar-refractivity contribution in [2.45, 2.75) is 55.2 Å². The number of hydrogen-bond acceptors (Lipinski definition) is 3. The molecule has 0 saturated heterocycles. The summed E-state index contributed by atoms with van der Waals surface area (Å²) in [6, 6.07) is 0. The smallest absolute Gasteiger partial charge is 0.396 e. The fraction of sp³-hybridized carbons (Fsp3) is 1.00. The SMILES string of the molecule is CC(CO)(COC(C(F)(F)F)(C(F)(F)F)C(F)(F)F)COC(C(F)(F)F)(C(F)(F)F)C(F)(F)F. The van der Waals surface area contributed by atoms with Crippen LogP contribution in [0.15, 0.2) is 0 Å². The Balaban J connectivity index is 6.46. The molecular weight excluding hydrogens is 546 g/mol. The van der Waals surface area contributed by atoms with Gasteiger partial charge in [0.15, 0.2) is 0 Å². The Morgan fingerprint density at radius 1 is 0.441 bits per heavy atom. The maximum Gasteiger partial charge on any atom is 0.435 e. The molecule has 0 rings (SSSR count). The van der Waals surface area contributed by atoms with Crippen molar-refractivity contribution in [2.75, 3.05) is 19.8 Å². The molecule has 206 valence electrons. The molecule has 1 N–H and O–H groups in total. The van der Waals surface area contributed by atoms with Gasteiger partial charge in [-0.1, -0.05) is 6.92 Å². The van der Waals surface area contributed by atoms with Gasteiger partial charge in [-0.05, 0) is 0 Å². The fourth-order valence-electron chi connectivity index (χ4n) is 2.15. The van der Waals surface area contributed by atoms with Crippen molar-refractivity contribution in [2.24, 2.45) is 5.41 Å². The first-order valence-corrected chi connectivity index (χ1v) is 7.76. The number of rotatable bonds is 7. The van der Waals surface area contributed by atoms with Gasteiger partial charge < -0.3 is 14.6 Å². The lowest BCUT2D eigenvalue weighted by molar-refractivity contribution is -0.467. The second kappa shape index (κ2) is 8.93. The minimum Gasteiger partial charge on any atom is -0.396 e. The standard InChI is InChI=1S/C13H10F18O3/c1-5(2-32,3-33-6(8(14,15)16,9(17,18)19)10(20,21)22)4-34-7(11(23,24)25,12(26,27)28)13(29,30)31/h32H,2-4H2,1H3. The van der Waals surface area contributed by atoms with E-state index in [1.807, 2.05) is 0 Å². The highest BCUT2D eigenvalue weighted by atomic mass is 19.4. The number of halogens is 18. The first kappa shape index (κ1) is 32.6. The molecule has 0 aromatic heterocycles. The summed E-state index contributed by atoms with van der Waals surface area (Å²) in [5.41, 5.74) is -17.7. The van der Waals surface area contributed by atoms with Crippen LogP contribution in [-0.4, -0.2) is 73.2 Å². The topological polar surface area (TPSA) is 38.7 Å². The average Bonchev–Trinajstić information content (AvgIpc) is 2.47. The van der Waals surface area contributed by atoms with Gasteiger partial charge in [0.1, 0.15) is 0 Å². The monoisotopic (exact) mass is 556 g/mol. The van der Waals surface area contributed by atoms with Crippen molar-refractivity contribution in [3.05, 3.63) is 0 Å². The van der Waals surface area contributed by atoms with E-state index in [0.29, 0.717) is 0 Å². The van der Waals surface area contributed by atoms with Crippen LogP contribution >= 0.6 is 0 Å². The molecule has 21 heteroatoms. The molecule has 0 fully saturated rings. The van der Waals surface area contributed by atoms with Gasteiger partial charge in [-0.3, -0.25) is 0 Å². The van der Waals surface area contributed by atoms with Crippen LogP contribution in [0.4, 0.5) is 79.0 Å². The number of aliphatic hydroxyl groups is 1. The molecule has 0 bridgehead atoms. The lowest BCUT2D eigenvalue weighted by atomic mass is 9.92. The van der Waals surface area contributed by atoms with E-state index in [4.69, 9.17) is 5.11 Å². The third kappa shape index (κ3) is 5.54. The quantitative estimate of drug-likeness (QED) is 0.399. The van der Waals surface area contributed by atoms with Crippen LogP contribution in [0.25, 0.3) is 0 Å². The van der Waals surface area contributed by atoms with Crippen molar-refractivity contribution in [1.82, 2.24) is 0 Å². The molecule has 3 nitrogen and oxygen atoms in total. The summed E-state index contributed by atoms with van der Waals surface area (Å²) in [4.78, 5) is 0. The Hall–Kier alpha value is -1.38. The number of aliphatic hydroxyl groups excluding tert-OH is 1. The summed E-state index contributed by atoms with van der Waals surface area (Å²) in [5, 5.41) is 8.95. The van der Waals surface area contributed by atoms with Crippen LogP contribution in [0.1, 0.15) is 6.92 Å². The van der Waals surface area contributed by atoms with Gasteiger partial charge in [0, 0.05) is 5.41 Å². The summed E-state index contributed by atoms with van der Waals surface area (Å²) in [6.07, 6.45) is -44.4. The first-order valence-electron chi connectivity index (χ1n) is 7.76. The molecule has 0 aliphatic carbocycles. The molecule has 0 radical (unpaired) electrons. The zero-order valence-electron chi connectivity index (χ0n) is 15.7. The minimum absolute atomic E-state index is 0.102. The third-order valence-electron chi connectivity index (χ3n) is 4.05. The Labute approximate surface area is 175 Å². The number of hydrogen-bond donors (Lipinski definition) is 1. The van der Waals surface area contributed by atoms with E-state index in [0.717, 1.165) is 0 Å². The van der Waals surface area contributed by atoms with Crippen molar-refractivity contribution < 1.29 is 93.6 Å². The van der Waals surface area contributed by atoms with Crippen LogP contribution in [0.2, 0.25) is 0 Å². The summed E-state index contributed by atoms with van der Waals surface area (Å²) in [7, 11) is 0. The zero-order valence-corrected chi connectivity index (χ0v) is 15.7. The summed E-state index contributed by atoms with van der Waals surface area (Å²) >= 11 is 0. The van der Waals surface area contributed by atoms with Crippen LogP contribution in [0, 0.1) is 5.41 Å². The second-order valence-electron chi connectivity index (χ2n) is 6.90. The maximum atomic E-state index is 12.8. The molecule has 0 aromatic rings. The van der Waals surface area contributed by atoms with Gasteiger partial charge in [0.05, 0.1) is 19.8 Å². The minimum atomic E-state index is -7.39. The molecule has 0 spiro atoms. The number of ether oxygens (including phenoxy) is 2. The van der Waals surface area contributed by atoms with Crippen LogP contribution in [0.3, 0.4) is 0 Å². The summed E-state index contributed by atoms with van der Waals surface area (Å²) in [5.74, 6) is 0. The van der Waals surface area contributed by atoms with E-state index in [2.05, 4.69) is 9.47 Å². The van der Waals surface area contributed by atoms with Gasteiger partial charge in [-0.15, -0.1) is 0 Å². The van der Waals surface area contributed by atoms with E-state index < -0.39 is 73.5 Å². The van der Waals surface area contributed by atoms with Crippen molar-refractivity contribution in [3.63, 3.8) is 0 Å². The molecule has 0 heterocycles. The lowest BCUT2D eigenvalue weighted by Gasteiger charge is -2.42. The predicted molar refractivity (Wildman–Crippen MR) is 68.9 cm³/mol. The molecule has 0 amide bonds. The lowest BCUT2D eigenvalue weighted by Crippen LogP contribution is -2.69. The summed E-state index contributed by atoms with van der Waals surface area (Å²) in [6.45, 7) is -7.95. The normalized spacial score (nSPS) is 16.2. The molecule has 34 heavy (non-hydrogen) atoms. The molecule has 0 atom stereocenters. The second-order valence-corrected chi connectivity index (χ2v) is 6.90. The Bertz CT molecular complexity index is 550. The van der Waals surface area contributed by atoms with Crippen molar-refractivity contribution in [1.29, 1.82) is 0 Å². The van der Waals surface area contributed by atoms with Crippen LogP contribution in [-0.2, 0) is 9.47 Å². The highest BCUT2D eigenvalue weighted by Gasteiger charge is 2.87. The third-order valence-corrected chi connectivity index (χ3v) is 4.05. The van der Waals surface area contributed by atoms with E-state index in [-0.39, 0.29) is 6.92 Å². The summed E-state index contributed by atoms with van der Waals surface area (Å²) < 4.78 is 236. The number of alkyl halides is 18. The first-order chi connectivity index (χ1) is 14.5. The van der Waals surface area contributed by atoms with Gasteiger partial charge in [0.25, 0.3) is 0 Å².